The molecule has 3 N–H and O–H groups in total. The van der Waals surface area contributed by atoms with E-state index in [1.165, 1.54) is 23.8 Å². The average Bonchev–Trinajstić information content (AvgIpc) is 2.82. The van der Waals surface area contributed by atoms with Crippen LogP contribution in [0.25, 0.3) is 0 Å². The van der Waals surface area contributed by atoms with Gasteiger partial charge in [0.1, 0.15) is 5.82 Å². The van der Waals surface area contributed by atoms with E-state index in [1.807, 2.05) is 20.8 Å². The number of carbonyl (C=O) groups is 2. The number of esters is 1. The fourth-order valence-electron chi connectivity index (χ4n) is 3.32. The number of aromatic amines is 1. The molecule has 11 nitrogen and oxygen atoms in total. The number of nitrogens with one attached hydrogen (secondary N) is 1. The molecular formula is C23H32N4O7. The summed E-state index contributed by atoms with van der Waals surface area (Å²) < 4.78 is 17.1. The maximum Gasteiger partial charge on any atom is 0.338 e. The number of anilines is 2. The minimum atomic E-state index is -0.776. The second-order valence-electron chi connectivity index (χ2n) is 7.42. The number of hydrogen-bond donors (Lipinski definition) is 2. The fraction of sp³-hybridized carbons (Fsp3) is 0.478. The predicted molar refractivity (Wildman–Crippen MR) is 128 cm³/mol. The molecule has 0 unspecified atom stereocenters. The Morgan fingerprint density at radius 3 is 2.47 bits per heavy atom. The van der Waals surface area contributed by atoms with Crippen molar-refractivity contribution in [2.24, 2.45) is 0 Å². The van der Waals surface area contributed by atoms with E-state index in [0.717, 1.165) is 11.3 Å². The van der Waals surface area contributed by atoms with Gasteiger partial charge < -0.3 is 24.8 Å². The second-order valence-corrected chi connectivity index (χ2v) is 7.42. The number of unbranched alkanes of at least 4 members (excludes halogenated alkanes) is 1. The number of methoxy groups -OCH3 is 1. The predicted octanol–water partition coefficient (Wildman–Crippen LogP) is 1.93. The van der Waals surface area contributed by atoms with E-state index in [4.69, 9.17) is 19.9 Å². The lowest BCUT2D eigenvalue weighted by molar-refractivity contribution is -0.121. The summed E-state index contributed by atoms with van der Waals surface area (Å²) in [5.41, 5.74) is 4.73. The third-order valence-corrected chi connectivity index (χ3v) is 4.99. The van der Waals surface area contributed by atoms with Crippen molar-refractivity contribution in [3.8, 4) is 11.5 Å². The third-order valence-electron chi connectivity index (χ3n) is 4.99. The number of benzene rings is 1. The summed E-state index contributed by atoms with van der Waals surface area (Å²) in [7, 11) is 1.45. The zero-order valence-electron chi connectivity index (χ0n) is 20.0. The number of nitrogens with zero attached hydrogens (tertiary/aromatic N) is 2. The van der Waals surface area contributed by atoms with Crippen molar-refractivity contribution in [3.63, 3.8) is 0 Å². The van der Waals surface area contributed by atoms with Crippen LogP contribution in [0.3, 0.4) is 0 Å². The van der Waals surface area contributed by atoms with Crippen molar-refractivity contribution in [2.75, 3.05) is 37.5 Å². The van der Waals surface area contributed by atoms with Gasteiger partial charge >= 0.3 is 11.7 Å². The van der Waals surface area contributed by atoms with Gasteiger partial charge in [-0.2, -0.15) is 0 Å². The highest BCUT2D eigenvalue weighted by atomic mass is 16.5. The van der Waals surface area contributed by atoms with Gasteiger partial charge in [-0.05, 0) is 38.0 Å². The molecule has 1 amide bonds. The smallest absolute Gasteiger partial charge is 0.338 e. The summed E-state index contributed by atoms with van der Waals surface area (Å²) in [6, 6.07) is 4.53. The van der Waals surface area contributed by atoms with E-state index in [9.17, 15) is 19.2 Å². The second kappa shape index (κ2) is 12.5. The molecule has 11 heteroatoms. The van der Waals surface area contributed by atoms with Crippen LogP contribution in [0.15, 0.2) is 27.8 Å². The molecule has 0 bridgehead atoms. The molecule has 34 heavy (non-hydrogen) atoms. The van der Waals surface area contributed by atoms with Crippen molar-refractivity contribution in [1.82, 2.24) is 9.55 Å². The summed E-state index contributed by atoms with van der Waals surface area (Å²) in [5.74, 6) is -0.672. The minimum absolute atomic E-state index is 0.109. The van der Waals surface area contributed by atoms with Gasteiger partial charge in [0.05, 0.1) is 19.3 Å². The molecule has 0 aliphatic carbocycles. The molecule has 0 saturated carbocycles. The van der Waals surface area contributed by atoms with E-state index >= 15 is 0 Å². The number of amides is 1. The zero-order chi connectivity index (χ0) is 25.3. The van der Waals surface area contributed by atoms with Gasteiger partial charge in [0.15, 0.2) is 23.8 Å². The van der Waals surface area contributed by atoms with E-state index in [-0.39, 0.29) is 30.2 Å². The molecule has 0 saturated heterocycles. The largest absolute Gasteiger partial charge is 0.493 e. The van der Waals surface area contributed by atoms with Crippen molar-refractivity contribution in [3.05, 3.63) is 44.6 Å². The first-order valence-electron chi connectivity index (χ1n) is 11.2. The molecule has 2 aromatic rings. The van der Waals surface area contributed by atoms with Gasteiger partial charge in [0.25, 0.3) is 11.5 Å². The summed E-state index contributed by atoms with van der Waals surface area (Å²) in [4.78, 5) is 53.6. The molecule has 0 aliphatic rings. The lowest BCUT2D eigenvalue weighted by Gasteiger charge is -2.24. The molecule has 0 atom stereocenters. The number of hydrogen-bond acceptors (Lipinski definition) is 8. The fourth-order valence-corrected chi connectivity index (χ4v) is 3.32. The lowest BCUT2D eigenvalue weighted by Crippen LogP contribution is -2.43. The van der Waals surface area contributed by atoms with Crippen LogP contribution in [0, 0.1) is 0 Å². The Bertz CT molecular complexity index is 1120. The summed E-state index contributed by atoms with van der Waals surface area (Å²) >= 11 is 0. The molecule has 1 heterocycles. The van der Waals surface area contributed by atoms with Gasteiger partial charge in [-0.25, -0.2) is 9.59 Å². The van der Waals surface area contributed by atoms with E-state index in [2.05, 4.69) is 4.98 Å². The standard InChI is InChI=1S/C23H32N4O7/c1-5-8-12-26(19-20(24)27(11-6-2)23(31)25-21(19)29)18(28)14-34-22(30)15-9-10-16(33-7-3)17(13-15)32-4/h9-10,13H,5-8,11-12,14,24H2,1-4H3,(H,25,29,31). The Morgan fingerprint density at radius 1 is 1.12 bits per heavy atom. The summed E-state index contributed by atoms with van der Waals surface area (Å²) in [5, 5.41) is 0. The number of nitrogen functional groups attached to an aromatic ring is 1. The zero-order valence-corrected chi connectivity index (χ0v) is 20.0. The number of carbonyl (C=O) groups excluding carboxylic acids is 2. The SMILES string of the molecule is CCCCN(C(=O)COC(=O)c1ccc(OCC)c(OC)c1)c1c(N)n(CCC)c(=O)[nH]c1=O. The van der Waals surface area contributed by atoms with Crippen LogP contribution in [0.5, 0.6) is 11.5 Å². The topological polar surface area (TPSA) is 146 Å². The normalized spacial score (nSPS) is 10.6. The Hall–Kier alpha value is -3.76. The summed E-state index contributed by atoms with van der Waals surface area (Å²) in [6.45, 7) is 5.85. The molecule has 186 valence electrons. The van der Waals surface area contributed by atoms with Gasteiger partial charge in [-0.1, -0.05) is 20.3 Å². The van der Waals surface area contributed by atoms with Crippen molar-refractivity contribution in [1.29, 1.82) is 0 Å². The van der Waals surface area contributed by atoms with E-state index in [0.29, 0.717) is 30.9 Å². The first-order chi connectivity index (χ1) is 16.3. The van der Waals surface area contributed by atoms with Crippen LogP contribution in [0.2, 0.25) is 0 Å². The molecular weight excluding hydrogens is 444 g/mol. The Labute approximate surface area is 197 Å². The van der Waals surface area contributed by atoms with E-state index < -0.39 is 29.7 Å². The number of ether oxygens (including phenoxy) is 3. The maximum atomic E-state index is 13.0. The number of aromatic nitrogens is 2. The van der Waals surface area contributed by atoms with Gasteiger partial charge in [-0.15, -0.1) is 0 Å². The van der Waals surface area contributed by atoms with Crippen LogP contribution in [0.4, 0.5) is 11.5 Å². The minimum Gasteiger partial charge on any atom is -0.493 e. The van der Waals surface area contributed by atoms with Crippen molar-refractivity contribution < 1.29 is 23.8 Å². The number of nitrogens with two attached hydrogens (primary N) is 1. The monoisotopic (exact) mass is 476 g/mol. The van der Waals surface area contributed by atoms with E-state index in [1.54, 1.807) is 6.07 Å². The third kappa shape index (κ3) is 6.18. The quantitative estimate of drug-likeness (QED) is 0.442. The molecule has 0 spiro atoms. The highest BCUT2D eigenvalue weighted by Crippen LogP contribution is 2.28. The highest BCUT2D eigenvalue weighted by Gasteiger charge is 2.25. The molecule has 0 aliphatic heterocycles. The van der Waals surface area contributed by atoms with Crippen molar-refractivity contribution >= 4 is 23.4 Å². The first kappa shape index (κ1) is 26.5. The number of rotatable bonds is 12. The molecule has 2 rings (SSSR count). The van der Waals surface area contributed by atoms with Crippen LogP contribution >= 0.6 is 0 Å². The van der Waals surface area contributed by atoms with Crippen LogP contribution in [-0.2, 0) is 16.1 Å². The molecule has 0 radical (unpaired) electrons. The van der Waals surface area contributed by atoms with Crippen molar-refractivity contribution in [2.45, 2.75) is 46.6 Å². The lowest BCUT2D eigenvalue weighted by atomic mass is 10.2. The Morgan fingerprint density at radius 2 is 1.85 bits per heavy atom. The Balaban J connectivity index is 2.28. The van der Waals surface area contributed by atoms with Gasteiger partial charge in [-0.3, -0.25) is 19.1 Å². The van der Waals surface area contributed by atoms with Gasteiger partial charge in [0.2, 0.25) is 0 Å². The molecule has 1 aromatic heterocycles. The Kier molecular flexibility index (Phi) is 9.72. The molecule has 1 aromatic carbocycles. The van der Waals surface area contributed by atoms with Crippen LogP contribution in [0.1, 0.15) is 50.4 Å². The summed E-state index contributed by atoms with van der Waals surface area (Å²) in [6.07, 6.45) is 1.91. The average molecular weight is 477 g/mol. The maximum absolute atomic E-state index is 13.0. The van der Waals surface area contributed by atoms with Gasteiger partial charge in [0, 0.05) is 13.1 Å². The van der Waals surface area contributed by atoms with Crippen LogP contribution < -0.4 is 31.4 Å². The van der Waals surface area contributed by atoms with Crippen LogP contribution in [-0.4, -0.2) is 48.3 Å². The molecule has 0 fully saturated rings. The number of H-pyrrole nitrogens is 1. The highest BCUT2D eigenvalue weighted by molar-refractivity contribution is 5.98. The first-order valence-corrected chi connectivity index (χ1v) is 11.2.